The second-order valence-electron chi connectivity index (χ2n) is 5.64. The van der Waals surface area contributed by atoms with Gasteiger partial charge in [0, 0.05) is 5.69 Å². The van der Waals surface area contributed by atoms with E-state index in [1.165, 1.54) is 10.9 Å². The van der Waals surface area contributed by atoms with Crippen LogP contribution in [0.5, 0.6) is 0 Å². The van der Waals surface area contributed by atoms with Crippen LogP contribution in [0.15, 0.2) is 52.2 Å². The smallest absolute Gasteiger partial charge is 0.325 e. The summed E-state index contributed by atoms with van der Waals surface area (Å²) in [7, 11) is 0. The number of nitrogens with two attached hydrogens (primary N) is 1. The molecule has 0 radical (unpaired) electrons. The van der Waals surface area contributed by atoms with Crippen LogP contribution in [0, 0.1) is 6.92 Å². The summed E-state index contributed by atoms with van der Waals surface area (Å²) >= 11 is 1.09. The van der Waals surface area contributed by atoms with E-state index in [1.807, 2.05) is 6.07 Å². The molecule has 1 aromatic carbocycles. The van der Waals surface area contributed by atoms with Gasteiger partial charge >= 0.3 is 6.03 Å². The number of hydrogen-bond acceptors (Lipinski definition) is 7. The van der Waals surface area contributed by atoms with Crippen molar-refractivity contribution in [1.29, 1.82) is 0 Å². The third-order valence-corrected chi connectivity index (χ3v) is 4.74. The molecule has 0 aliphatic carbocycles. The number of nitrogen functional groups attached to an aromatic ring is 1. The molecule has 27 heavy (non-hydrogen) atoms. The van der Waals surface area contributed by atoms with Crippen LogP contribution in [0.2, 0.25) is 0 Å². The average molecular weight is 386 g/mol. The zero-order valence-electron chi connectivity index (χ0n) is 14.7. The molecule has 0 bridgehead atoms. The van der Waals surface area contributed by atoms with Crippen molar-refractivity contribution in [2.75, 3.05) is 11.2 Å². The van der Waals surface area contributed by atoms with Gasteiger partial charge in [-0.3, -0.25) is 10.1 Å². The average Bonchev–Trinajstić information content (AvgIpc) is 3.21. The largest absolute Gasteiger partial charge is 0.469 e. The van der Waals surface area contributed by atoms with Crippen molar-refractivity contribution in [2.45, 2.75) is 24.3 Å². The lowest BCUT2D eigenvalue weighted by molar-refractivity contribution is -0.119. The number of nitrogens with one attached hydrogen (secondary N) is 2. The third-order valence-electron chi connectivity index (χ3n) is 3.68. The van der Waals surface area contributed by atoms with E-state index in [-0.39, 0.29) is 0 Å². The second-order valence-corrected chi connectivity index (χ2v) is 6.94. The molecule has 140 valence electrons. The summed E-state index contributed by atoms with van der Waals surface area (Å²) in [5, 5.41) is 12.7. The van der Waals surface area contributed by atoms with Gasteiger partial charge in [-0.25, -0.2) is 9.47 Å². The molecule has 4 N–H and O–H groups in total. The molecule has 0 spiro atoms. The third kappa shape index (κ3) is 4.29. The van der Waals surface area contributed by atoms with Crippen LogP contribution in [0.1, 0.15) is 12.7 Å². The maximum Gasteiger partial charge on any atom is 0.325 e. The van der Waals surface area contributed by atoms with E-state index in [9.17, 15) is 9.59 Å². The highest BCUT2D eigenvalue weighted by atomic mass is 32.2. The normalized spacial score (nSPS) is 11.8. The van der Waals surface area contributed by atoms with Crippen molar-refractivity contribution in [3.8, 4) is 11.4 Å². The molecule has 3 aromatic rings. The number of urea groups is 1. The lowest BCUT2D eigenvalue weighted by Crippen LogP contribution is -2.39. The molecule has 3 rings (SSSR count). The van der Waals surface area contributed by atoms with Gasteiger partial charge in [-0.15, -0.1) is 10.2 Å². The summed E-state index contributed by atoms with van der Waals surface area (Å²) in [5.41, 5.74) is 1.31. The minimum atomic E-state index is -0.615. The topological polar surface area (TPSA) is 128 Å². The summed E-state index contributed by atoms with van der Waals surface area (Å²) in [6.45, 7) is 3.44. The van der Waals surface area contributed by atoms with Gasteiger partial charge in [-0.2, -0.15) is 0 Å². The number of para-hydroxylation sites is 1. The molecule has 0 saturated carbocycles. The maximum atomic E-state index is 12.2. The minimum absolute atomic E-state index is 0.344. The summed E-state index contributed by atoms with van der Waals surface area (Å²) in [6.07, 6.45) is 1.54. The number of benzene rings is 1. The van der Waals surface area contributed by atoms with E-state index >= 15 is 0 Å². The van der Waals surface area contributed by atoms with E-state index in [2.05, 4.69) is 20.8 Å². The molecule has 2 heterocycles. The Labute approximate surface area is 159 Å². The van der Waals surface area contributed by atoms with E-state index in [0.717, 1.165) is 17.3 Å². The van der Waals surface area contributed by atoms with E-state index in [0.29, 0.717) is 22.4 Å². The molecule has 1 atom stereocenters. The van der Waals surface area contributed by atoms with Gasteiger partial charge in [0.2, 0.25) is 11.1 Å². The molecule has 0 aliphatic rings. The molecule has 10 heteroatoms. The molecule has 0 saturated heterocycles. The van der Waals surface area contributed by atoms with Gasteiger partial charge < -0.3 is 15.6 Å². The quantitative estimate of drug-likeness (QED) is 0.454. The van der Waals surface area contributed by atoms with Crippen LogP contribution in [0.3, 0.4) is 0 Å². The fourth-order valence-corrected chi connectivity index (χ4v) is 3.04. The lowest BCUT2D eigenvalue weighted by atomic mass is 10.2. The first-order valence-electron chi connectivity index (χ1n) is 8.04. The van der Waals surface area contributed by atoms with E-state index in [1.54, 1.807) is 44.2 Å². The zero-order valence-corrected chi connectivity index (χ0v) is 15.5. The summed E-state index contributed by atoms with van der Waals surface area (Å²) in [5.74, 6) is 6.65. The van der Waals surface area contributed by atoms with Crippen LogP contribution >= 0.6 is 11.8 Å². The minimum Gasteiger partial charge on any atom is -0.469 e. The molecule has 0 aliphatic heterocycles. The molecule has 1 unspecified atom stereocenters. The number of aromatic nitrogens is 3. The number of thioether (sulfide) groups is 1. The molecule has 2 aromatic heterocycles. The Morgan fingerprint density at radius 1 is 1.22 bits per heavy atom. The van der Waals surface area contributed by atoms with Gasteiger partial charge in [-0.1, -0.05) is 30.0 Å². The molecule has 0 fully saturated rings. The Morgan fingerprint density at radius 2 is 1.96 bits per heavy atom. The lowest BCUT2D eigenvalue weighted by Gasteiger charge is -2.11. The van der Waals surface area contributed by atoms with Crippen molar-refractivity contribution < 1.29 is 14.0 Å². The first-order valence-corrected chi connectivity index (χ1v) is 8.92. The van der Waals surface area contributed by atoms with Crippen LogP contribution in [0.25, 0.3) is 11.4 Å². The van der Waals surface area contributed by atoms with Crippen LogP contribution in [-0.4, -0.2) is 32.1 Å². The summed E-state index contributed by atoms with van der Waals surface area (Å²) < 4.78 is 6.53. The number of carbonyl (C=O) groups excluding carboxylic acids is 2. The van der Waals surface area contributed by atoms with Gasteiger partial charge in [-0.05, 0) is 32.0 Å². The molecule has 3 amide bonds. The number of carbonyl (C=O) groups is 2. The van der Waals surface area contributed by atoms with Gasteiger partial charge in [0.25, 0.3) is 0 Å². The van der Waals surface area contributed by atoms with Crippen molar-refractivity contribution in [3.63, 3.8) is 0 Å². The van der Waals surface area contributed by atoms with Crippen LogP contribution < -0.4 is 16.5 Å². The van der Waals surface area contributed by atoms with E-state index < -0.39 is 17.2 Å². The predicted octanol–water partition coefficient (Wildman–Crippen LogP) is 2.39. The highest BCUT2D eigenvalue weighted by molar-refractivity contribution is 8.00. The van der Waals surface area contributed by atoms with Crippen molar-refractivity contribution >= 4 is 29.4 Å². The Kier molecular flexibility index (Phi) is 5.46. The number of nitrogens with zero attached hydrogens (tertiary/aromatic N) is 3. The number of amides is 3. The maximum absolute atomic E-state index is 12.2. The monoisotopic (exact) mass is 386 g/mol. The Hall–Kier alpha value is -3.27. The van der Waals surface area contributed by atoms with Crippen LogP contribution in [0.4, 0.5) is 10.5 Å². The standard InChI is InChI=1S/C17H18N6O3S/c1-10-13(8-9-26-10)14-21-22-17(23(14)18)27-11(2)15(24)20-16(25)19-12-6-4-3-5-7-12/h3-9,11H,18H2,1-2H3,(H2,19,20,24,25). The predicted molar refractivity (Wildman–Crippen MR) is 102 cm³/mol. The van der Waals surface area contributed by atoms with Gasteiger partial charge in [0.05, 0.1) is 17.1 Å². The first-order chi connectivity index (χ1) is 13.0. The first kappa shape index (κ1) is 18.5. The number of furan rings is 1. The van der Waals surface area contributed by atoms with Gasteiger partial charge in [0.1, 0.15) is 5.76 Å². The fraction of sp³-hybridized carbons (Fsp3) is 0.176. The highest BCUT2D eigenvalue weighted by Crippen LogP contribution is 2.27. The Morgan fingerprint density at radius 3 is 2.63 bits per heavy atom. The summed E-state index contributed by atoms with van der Waals surface area (Å²) in [4.78, 5) is 24.2. The number of anilines is 1. The number of rotatable bonds is 5. The SMILES string of the molecule is Cc1occc1-c1nnc(SC(C)C(=O)NC(=O)Nc2ccccc2)n1N. The Balaban J connectivity index is 1.61. The van der Waals surface area contributed by atoms with Crippen molar-refractivity contribution in [3.05, 3.63) is 48.4 Å². The fourth-order valence-electron chi connectivity index (χ4n) is 2.27. The van der Waals surface area contributed by atoms with Crippen molar-refractivity contribution in [2.24, 2.45) is 0 Å². The number of imide groups is 1. The highest BCUT2D eigenvalue weighted by Gasteiger charge is 2.22. The summed E-state index contributed by atoms with van der Waals surface area (Å²) in [6, 6.07) is 9.96. The second kappa shape index (κ2) is 7.96. The molecular formula is C17H18N6O3S. The van der Waals surface area contributed by atoms with Crippen LogP contribution in [-0.2, 0) is 4.79 Å². The molecular weight excluding hydrogens is 368 g/mol. The van der Waals surface area contributed by atoms with Gasteiger partial charge in [0.15, 0.2) is 5.82 Å². The molecule has 9 nitrogen and oxygen atoms in total. The number of aryl methyl sites for hydroxylation is 1. The van der Waals surface area contributed by atoms with E-state index in [4.69, 9.17) is 10.3 Å². The van der Waals surface area contributed by atoms with Crippen molar-refractivity contribution in [1.82, 2.24) is 20.2 Å². The zero-order chi connectivity index (χ0) is 19.4. The number of hydrogen-bond donors (Lipinski definition) is 3. The Bertz CT molecular complexity index is 953.